The fourth-order valence-corrected chi connectivity index (χ4v) is 3.76. The summed E-state index contributed by atoms with van der Waals surface area (Å²) in [4.78, 5) is 26.7. The summed E-state index contributed by atoms with van der Waals surface area (Å²) in [7, 11) is 1.83. The van der Waals surface area contributed by atoms with Gasteiger partial charge in [0.25, 0.3) is 5.91 Å². The molecule has 0 radical (unpaired) electrons. The number of fused-ring (bicyclic) bond motifs is 1. The zero-order chi connectivity index (χ0) is 18.1. The summed E-state index contributed by atoms with van der Waals surface area (Å²) >= 11 is 0. The maximum atomic E-state index is 12.7. The second-order valence-electron chi connectivity index (χ2n) is 6.67. The number of hydrogen-bond acceptors (Lipinski definition) is 3. The Morgan fingerprint density at radius 2 is 2.04 bits per heavy atom. The minimum atomic E-state index is -0.159. The summed E-state index contributed by atoms with van der Waals surface area (Å²) in [6.07, 6.45) is 2.13. The quantitative estimate of drug-likeness (QED) is 0.760. The molecule has 1 aliphatic heterocycles. The lowest BCUT2D eigenvalue weighted by atomic mass is 9.93. The zero-order valence-electron chi connectivity index (χ0n) is 14.5. The van der Waals surface area contributed by atoms with Gasteiger partial charge in [0.2, 0.25) is 5.91 Å². The smallest absolute Gasteiger partial charge is 0.253 e. The van der Waals surface area contributed by atoms with Crippen LogP contribution in [0, 0.1) is 5.92 Å². The van der Waals surface area contributed by atoms with Crippen LogP contribution in [0.4, 0.5) is 0 Å². The van der Waals surface area contributed by atoms with Gasteiger partial charge in [0.05, 0.1) is 23.3 Å². The van der Waals surface area contributed by atoms with E-state index < -0.39 is 0 Å². The average Bonchev–Trinajstić information content (AvgIpc) is 3.25. The fraction of sp³-hybridized carbons (Fsp3) is 0.250. The Bertz CT molecular complexity index is 951. The van der Waals surface area contributed by atoms with Gasteiger partial charge in [-0.2, -0.15) is 5.10 Å². The lowest BCUT2D eigenvalue weighted by Crippen LogP contribution is -2.32. The molecule has 0 bridgehead atoms. The van der Waals surface area contributed by atoms with Gasteiger partial charge in [-0.1, -0.05) is 42.5 Å². The molecule has 6 nitrogen and oxygen atoms in total. The number of likely N-dealkylation sites (tertiary alicyclic amines) is 1. The molecule has 0 spiro atoms. The van der Waals surface area contributed by atoms with Crippen molar-refractivity contribution in [3.8, 4) is 0 Å². The third kappa shape index (κ3) is 2.83. The van der Waals surface area contributed by atoms with Crippen LogP contribution in [-0.2, 0) is 4.79 Å². The van der Waals surface area contributed by atoms with Gasteiger partial charge >= 0.3 is 0 Å². The van der Waals surface area contributed by atoms with Crippen LogP contribution in [0.15, 0.2) is 54.7 Å². The van der Waals surface area contributed by atoms with Crippen LogP contribution in [0.2, 0.25) is 0 Å². The van der Waals surface area contributed by atoms with E-state index in [4.69, 9.17) is 0 Å². The number of H-pyrrole nitrogens is 1. The molecular formula is C20H20N4O2. The van der Waals surface area contributed by atoms with Gasteiger partial charge in [0.1, 0.15) is 0 Å². The molecule has 0 saturated carbocycles. The average molecular weight is 348 g/mol. The van der Waals surface area contributed by atoms with Crippen LogP contribution in [0.25, 0.3) is 10.9 Å². The zero-order valence-corrected chi connectivity index (χ0v) is 14.5. The molecule has 1 aliphatic rings. The topological polar surface area (TPSA) is 78.1 Å². The Kier molecular flexibility index (Phi) is 4.16. The van der Waals surface area contributed by atoms with Crippen molar-refractivity contribution in [1.29, 1.82) is 0 Å². The molecule has 4 rings (SSSR count). The van der Waals surface area contributed by atoms with E-state index in [0.717, 1.165) is 16.5 Å². The van der Waals surface area contributed by atoms with Crippen molar-refractivity contribution in [2.24, 2.45) is 5.92 Å². The second-order valence-corrected chi connectivity index (χ2v) is 6.67. The van der Waals surface area contributed by atoms with Crippen molar-refractivity contribution in [3.63, 3.8) is 0 Å². The number of aromatic amines is 1. The van der Waals surface area contributed by atoms with Crippen molar-refractivity contribution in [3.05, 3.63) is 65.9 Å². The Morgan fingerprint density at radius 1 is 1.23 bits per heavy atom. The van der Waals surface area contributed by atoms with Crippen molar-refractivity contribution in [2.45, 2.75) is 12.5 Å². The number of amides is 2. The van der Waals surface area contributed by atoms with E-state index in [1.807, 2.05) is 49.5 Å². The van der Waals surface area contributed by atoms with Crippen molar-refractivity contribution in [2.75, 3.05) is 13.6 Å². The van der Waals surface area contributed by atoms with Gasteiger partial charge in [-0.15, -0.1) is 0 Å². The Labute approximate surface area is 151 Å². The number of nitrogens with zero attached hydrogens (tertiary/aromatic N) is 2. The van der Waals surface area contributed by atoms with Crippen LogP contribution in [0.1, 0.15) is 28.4 Å². The highest BCUT2D eigenvalue weighted by molar-refractivity contribution is 6.05. The van der Waals surface area contributed by atoms with Crippen molar-refractivity contribution in [1.82, 2.24) is 20.4 Å². The summed E-state index contributed by atoms with van der Waals surface area (Å²) in [5.41, 5.74) is 2.38. The molecule has 0 unspecified atom stereocenters. The number of benzene rings is 2. The number of aromatic nitrogens is 2. The highest BCUT2D eigenvalue weighted by atomic mass is 16.2. The molecule has 1 fully saturated rings. The van der Waals surface area contributed by atoms with Gasteiger partial charge in [-0.05, 0) is 11.6 Å². The number of carbonyl (C=O) groups is 2. The molecule has 1 aromatic heterocycles. The van der Waals surface area contributed by atoms with Crippen LogP contribution < -0.4 is 5.32 Å². The van der Waals surface area contributed by atoms with E-state index in [1.165, 1.54) is 0 Å². The maximum absolute atomic E-state index is 12.7. The minimum Gasteiger partial charge on any atom is -0.352 e. The third-order valence-corrected chi connectivity index (χ3v) is 5.08. The first-order valence-electron chi connectivity index (χ1n) is 8.66. The Morgan fingerprint density at radius 3 is 2.85 bits per heavy atom. The lowest BCUT2D eigenvalue weighted by molar-refractivity contribution is -0.127. The predicted octanol–water partition coefficient (Wildman–Crippen LogP) is 2.51. The van der Waals surface area contributed by atoms with E-state index in [1.54, 1.807) is 17.2 Å². The standard InChI is InChI=1S/C20H20N4O2/c1-24-17(25)10-15(19(24)13-6-3-2-4-7-13)11-21-20(26)16-9-5-8-14-12-22-23-18(14)16/h2-9,12,15,19H,10-11H2,1H3,(H,21,26)(H,22,23)/t15-,19+/m1/s1. The molecule has 26 heavy (non-hydrogen) atoms. The molecule has 3 aromatic rings. The first-order valence-corrected chi connectivity index (χ1v) is 8.66. The van der Waals surface area contributed by atoms with E-state index in [0.29, 0.717) is 18.5 Å². The van der Waals surface area contributed by atoms with Gasteiger partial charge in [-0.3, -0.25) is 14.7 Å². The lowest BCUT2D eigenvalue weighted by Gasteiger charge is -2.25. The fourth-order valence-electron chi connectivity index (χ4n) is 3.76. The van der Waals surface area contributed by atoms with E-state index in [2.05, 4.69) is 15.5 Å². The Hall–Kier alpha value is -3.15. The SMILES string of the molecule is CN1C(=O)C[C@H](CNC(=O)c2cccc3cn[nH]c23)[C@@H]1c1ccccc1. The first-order chi connectivity index (χ1) is 12.6. The Balaban J connectivity index is 1.52. The second kappa shape index (κ2) is 6.63. The molecule has 2 atom stereocenters. The number of nitrogens with one attached hydrogen (secondary N) is 2. The van der Waals surface area contributed by atoms with Crippen LogP contribution in [-0.4, -0.2) is 40.5 Å². The summed E-state index contributed by atoms with van der Waals surface area (Å²) in [6.45, 7) is 0.443. The molecule has 2 aromatic carbocycles. The third-order valence-electron chi connectivity index (χ3n) is 5.08. The number of para-hydroxylation sites is 1. The highest BCUT2D eigenvalue weighted by Gasteiger charge is 2.38. The molecule has 132 valence electrons. The van der Waals surface area contributed by atoms with E-state index >= 15 is 0 Å². The van der Waals surface area contributed by atoms with Crippen LogP contribution in [0.3, 0.4) is 0 Å². The van der Waals surface area contributed by atoms with E-state index in [9.17, 15) is 9.59 Å². The van der Waals surface area contributed by atoms with Gasteiger partial charge in [0.15, 0.2) is 0 Å². The molecule has 0 aliphatic carbocycles. The molecule has 6 heteroatoms. The summed E-state index contributed by atoms with van der Waals surface area (Å²) in [5.74, 6) is -0.0118. The largest absolute Gasteiger partial charge is 0.352 e. The van der Waals surface area contributed by atoms with Gasteiger partial charge in [0, 0.05) is 31.3 Å². The summed E-state index contributed by atoms with van der Waals surface area (Å²) in [5, 5.41) is 10.8. The molecule has 1 saturated heterocycles. The van der Waals surface area contributed by atoms with Crippen molar-refractivity contribution < 1.29 is 9.59 Å². The van der Waals surface area contributed by atoms with Crippen LogP contribution in [0.5, 0.6) is 0 Å². The number of carbonyl (C=O) groups excluding carboxylic acids is 2. The first kappa shape index (κ1) is 16.3. The molecular weight excluding hydrogens is 328 g/mol. The van der Waals surface area contributed by atoms with Gasteiger partial charge in [-0.25, -0.2) is 0 Å². The minimum absolute atomic E-state index is 0.0213. The summed E-state index contributed by atoms with van der Waals surface area (Å²) in [6, 6.07) is 15.5. The molecule has 2 amide bonds. The maximum Gasteiger partial charge on any atom is 0.253 e. The monoisotopic (exact) mass is 348 g/mol. The van der Waals surface area contributed by atoms with E-state index in [-0.39, 0.29) is 23.8 Å². The molecule has 2 heterocycles. The van der Waals surface area contributed by atoms with Crippen LogP contribution >= 0.6 is 0 Å². The highest BCUT2D eigenvalue weighted by Crippen LogP contribution is 2.36. The molecule has 2 N–H and O–H groups in total. The number of rotatable bonds is 4. The van der Waals surface area contributed by atoms with Crippen molar-refractivity contribution >= 4 is 22.7 Å². The summed E-state index contributed by atoms with van der Waals surface area (Å²) < 4.78 is 0. The predicted molar refractivity (Wildman–Crippen MR) is 98.5 cm³/mol. The normalized spacial score (nSPS) is 19.9. The van der Waals surface area contributed by atoms with Gasteiger partial charge < -0.3 is 10.2 Å². The number of hydrogen-bond donors (Lipinski definition) is 2.